The predicted molar refractivity (Wildman–Crippen MR) is 125 cm³/mol. The summed E-state index contributed by atoms with van der Waals surface area (Å²) in [6, 6.07) is 20.9. The van der Waals surface area contributed by atoms with E-state index < -0.39 is 12.1 Å². The zero-order valence-corrected chi connectivity index (χ0v) is 18.7. The van der Waals surface area contributed by atoms with Gasteiger partial charge in [-0.2, -0.15) is 0 Å². The van der Waals surface area contributed by atoms with Crippen molar-refractivity contribution in [2.75, 3.05) is 14.2 Å². The van der Waals surface area contributed by atoms with Crippen molar-refractivity contribution in [2.45, 2.75) is 19.0 Å². The fraction of sp³-hybridized carbons (Fsp3) is 0.192. The number of ether oxygens (including phenoxy) is 2. The molecule has 0 radical (unpaired) electrons. The predicted octanol–water partition coefficient (Wildman–Crippen LogP) is 3.03. The Bertz CT molecular complexity index is 1190. The molecule has 1 saturated heterocycles. The average molecular weight is 445 g/mol. The van der Waals surface area contributed by atoms with Crippen LogP contribution in [0.3, 0.4) is 0 Å². The van der Waals surface area contributed by atoms with Crippen LogP contribution in [0.4, 0.5) is 0 Å². The number of aryl methyl sites for hydroxylation is 1. The second-order valence-corrected chi connectivity index (χ2v) is 7.82. The van der Waals surface area contributed by atoms with Crippen LogP contribution in [-0.2, 0) is 4.79 Å². The Balaban J connectivity index is 1.70. The Labute approximate surface area is 192 Å². The summed E-state index contributed by atoms with van der Waals surface area (Å²) in [5.41, 5.74) is 6.13. The first kappa shape index (κ1) is 22.1. The quantitative estimate of drug-likeness (QED) is 0.573. The van der Waals surface area contributed by atoms with E-state index in [1.165, 1.54) is 0 Å². The number of hydrazine groups is 1. The third kappa shape index (κ3) is 4.87. The molecule has 3 aromatic carbocycles. The van der Waals surface area contributed by atoms with Crippen molar-refractivity contribution in [1.29, 1.82) is 0 Å². The summed E-state index contributed by atoms with van der Waals surface area (Å²) in [6.45, 7) is 1.96. The van der Waals surface area contributed by atoms with Crippen LogP contribution >= 0.6 is 0 Å². The second kappa shape index (κ2) is 9.56. The molecule has 3 aromatic rings. The standard InChI is InChI=1S/C26H25N3O4/c1-17-7-9-20(10-8-17)25(30)27-23-24(19-11-13-21(32-2)14-12-19)29(28-26(23)31)16-18-5-4-6-22(15-18)33-3/h4-16,23-24H,1-3H3,(H-,27,28,30,31)/p+1/b29-16-/t23-,24-/m1/s1. The summed E-state index contributed by atoms with van der Waals surface area (Å²) in [4.78, 5) is 25.9. The van der Waals surface area contributed by atoms with Crippen LogP contribution in [-0.4, -0.2) is 43.0 Å². The van der Waals surface area contributed by atoms with E-state index in [-0.39, 0.29) is 11.8 Å². The summed E-state index contributed by atoms with van der Waals surface area (Å²) in [5.74, 6) is 0.811. The van der Waals surface area contributed by atoms with Crippen LogP contribution in [0.5, 0.6) is 11.5 Å². The number of carbonyl (C=O) groups excluding carboxylic acids is 2. The molecule has 1 fully saturated rings. The van der Waals surface area contributed by atoms with Gasteiger partial charge in [-0.15, -0.1) is 10.1 Å². The van der Waals surface area contributed by atoms with Crippen LogP contribution in [0, 0.1) is 6.92 Å². The van der Waals surface area contributed by atoms with E-state index in [2.05, 4.69) is 10.7 Å². The Hall–Kier alpha value is -4.13. The Morgan fingerprint density at radius 3 is 2.33 bits per heavy atom. The molecule has 0 spiro atoms. The Kier molecular flexibility index (Phi) is 6.40. The molecule has 0 unspecified atom stereocenters. The van der Waals surface area contributed by atoms with Crippen LogP contribution < -0.4 is 20.2 Å². The number of hydrogen-bond acceptors (Lipinski definition) is 4. The molecule has 2 N–H and O–H groups in total. The number of hydrogen-bond donors (Lipinski definition) is 2. The summed E-state index contributed by atoms with van der Waals surface area (Å²) in [6.07, 6.45) is 1.83. The van der Waals surface area contributed by atoms with Gasteiger partial charge < -0.3 is 14.8 Å². The Morgan fingerprint density at radius 2 is 1.67 bits per heavy atom. The highest BCUT2D eigenvalue weighted by Gasteiger charge is 2.47. The largest absolute Gasteiger partial charge is 0.497 e. The zero-order valence-electron chi connectivity index (χ0n) is 18.7. The lowest BCUT2D eigenvalue weighted by molar-refractivity contribution is -0.596. The lowest BCUT2D eigenvalue weighted by atomic mass is 9.99. The van der Waals surface area contributed by atoms with Gasteiger partial charge >= 0.3 is 5.91 Å². The maximum Gasteiger partial charge on any atom is 0.304 e. The fourth-order valence-corrected chi connectivity index (χ4v) is 3.79. The van der Waals surface area contributed by atoms with Crippen LogP contribution in [0.2, 0.25) is 0 Å². The molecule has 1 aliphatic rings. The van der Waals surface area contributed by atoms with Gasteiger partial charge in [0, 0.05) is 16.7 Å². The molecule has 2 amide bonds. The fourth-order valence-electron chi connectivity index (χ4n) is 3.79. The number of nitrogens with zero attached hydrogens (tertiary/aromatic N) is 1. The topological polar surface area (TPSA) is 79.7 Å². The Morgan fingerprint density at radius 1 is 0.970 bits per heavy atom. The van der Waals surface area contributed by atoms with Crippen molar-refractivity contribution < 1.29 is 23.7 Å². The van der Waals surface area contributed by atoms with Crippen molar-refractivity contribution in [3.63, 3.8) is 0 Å². The number of methoxy groups -OCH3 is 2. The molecule has 4 rings (SSSR count). The van der Waals surface area contributed by atoms with Gasteiger partial charge in [0.05, 0.1) is 14.2 Å². The first-order valence-corrected chi connectivity index (χ1v) is 10.6. The zero-order chi connectivity index (χ0) is 23.4. The van der Waals surface area contributed by atoms with E-state index in [9.17, 15) is 9.59 Å². The van der Waals surface area contributed by atoms with E-state index in [1.807, 2.05) is 73.8 Å². The first-order chi connectivity index (χ1) is 16.0. The van der Waals surface area contributed by atoms with Gasteiger partial charge in [-0.1, -0.05) is 23.8 Å². The number of rotatable bonds is 6. The molecule has 0 saturated carbocycles. The van der Waals surface area contributed by atoms with E-state index in [4.69, 9.17) is 9.47 Å². The lowest BCUT2D eigenvalue weighted by Gasteiger charge is -2.15. The highest BCUT2D eigenvalue weighted by atomic mass is 16.5. The van der Waals surface area contributed by atoms with E-state index in [1.54, 1.807) is 31.0 Å². The number of nitrogens with one attached hydrogen (secondary N) is 2. The number of benzene rings is 3. The number of amides is 2. The molecule has 7 nitrogen and oxygen atoms in total. The van der Waals surface area contributed by atoms with Gasteiger partial charge in [0.25, 0.3) is 5.91 Å². The van der Waals surface area contributed by atoms with Gasteiger partial charge in [0.1, 0.15) is 11.5 Å². The van der Waals surface area contributed by atoms with E-state index in [0.29, 0.717) is 17.1 Å². The molecular formula is C26H26N3O4+. The molecule has 168 valence electrons. The van der Waals surface area contributed by atoms with Gasteiger partial charge in [0.15, 0.2) is 6.04 Å². The van der Waals surface area contributed by atoms with Crippen LogP contribution in [0.1, 0.15) is 33.1 Å². The second-order valence-electron chi connectivity index (χ2n) is 7.82. The summed E-state index contributed by atoms with van der Waals surface area (Å²) in [5, 5.41) is 2.91. The highest BCUT2D eigenvalue weighted by Crippen LogP contribution is 2.27. The van der Waals surface area contributed by atoms with Crippen molar-refractivity contribution in [1.82, 2.24) is 10.7 Å². The molecule has 1 aliphatic heterocycles. The normalized spacial score (nSPS) is 18.6. The molecule has 0 aliphatic carbocycles. The minimum atomic E-state index is -0.797. The summed E-state index contributed by atoms with van der Waals surface area (Å²) < 4.78 is 12.3. The van der Waals surface area contributed by atoms with Crippen LogP contribution in [0.25, 0.3) is 0 Å². The number of carbonyl (C=O) groups is 2. The van der Waals surface area contributed by atoms with E-state index >= 15 is 0 Å². The van der Waals surface area contributed by atoms with Crippen molar-refractivity contribution in [3.8, 4) is 11.5 Å². The molecule has 0 aromatic heterocycles. The van der Waals surface area contributed by atoms with Gasteiger partial charge in [-0.3, -0.25) is 9.59 Å². The van der Waals surface area contributed by atoms with Crippen molar-refractivity contribution in [2.24, 2.45) is 0 Å². The van der Waals surface area contributed by atoms with Crippen molar-refractivity contribution in [3.05, 3.63) is 95.1 Å². The van der Waals surface area contributed by atoms with Gasteiger partial charge in [0.2, 0.25) is 12.3 Å². The summed E-state index contributed by atoms with van der Waals surface area (Å²) in [7, 11) is 3.21. The third-order valence-electron chi connectivity index (χ3n) is 5.58. The van der Waals surface area contributed by atoms with Gasteiger partial charge in [-0.05, 0) is 61.5 Å². The lowest BCUT2D eigenvalue weighted by Crippen LogP contribution is -2.42. The smallest absolute Gasteiger partial charge is 0.304 e. The highest BCUT2D eigenvalue weighted by molar-refractivity contribution is 5.98. The first-order valence-electron chi connectivity index (χ1n) is 10.6. The molecule has 7 heteroatoms. The summed E-state index contributed by atoms with van der Waals surface area (Å²) >= 11 is 0. The average Bonchev–Trinajstić information content (AvgIpc) is 3.13. The van der Waals surface area contributed by atoms with Gasteiger partial charge in [-0.25, -0.2) is 0 Å². The molecule has 1 heterocycles. The minimum absolute atomic E-state index is 0.296. The molecule has 0 bridgehead atoms. The molecular weight excluding hydrogens is 418 g/mol. The molecule has 2 atom stereocenters. The van der Waals surface area contributed by atoms with Crippen molar-refractivity contribution >= 4 is 18.0 Å². The minimum Gasteiger partial charge on any atom is -0.497 e. The molecule has 33 heavy (non-hydrogen) atoms. The SMILES string of the molecule is COc1ccc([C@@H]2[C@@H](NC(=O)c3ccc(C)cc3)C(=O)N/[N+]2=C\c2cccc(OC)c2)cc1. The van der Waals surface area contributed by atoms with E-state index in [0.717, 1.165) is 16.7 Å². The third-order valence-corrected chi connectivity index (χ3v) is 5.58. The van der Waals surface area contributed by atoms with Crippen LogP contribution in [0.15, 0.2) is 72.8 Å². The monoisotopic (exact) mass is 444 g/mol. The maximum atomic E-state index is 13.0. The maximum absolute atomic E-state index is 13.0. The number of hydrazone groups is 1.